The van der Waals surface area contributed by atoms with E-state index in [0.29, 0.717) is 17.2 Å². The van der Waals surface area contributed by atoms with Gasteiger partial charge in [0.2, 0.25) is 0 Å². The molecular weight excluding hydrogens is 476 g/mol. The maximum atomic E-state index is 6.14. The molecule has 0 amide bonds. The highest BCUT2D eigenvalue weighted by Crippen LogP contribution is 2.43. The Bertz CT molecular complexity index is 1150. The summed E-state index contributed by atoms with van der Waals surface area (Å²) < 4.78 is 11.6. The first-order chi connectivity index (χ1) is 17.7. The van der Waals surface area contributed by atoms with Crippen molar-refractivity contribution in [3.8, 4) is 16.6 Å². The van der Waals surface area contributed by atoms with Crippen LogP contribution in [0.1, 0.15) is 32.6 Å². The molecule has 5 heterocycles. The van der Waals surface area contributed by atoms with E-state index in [0.717, 1.165) is 93.1 Å². The first-order valence-electron chi connectivity index (χ1n) is 12.8. The lowest BCUT2D eigenvalue weighted by molar-refractivity contribution is -0.140. The van der Waals surface area contributed by atoms with Crippen LogP contribution in [-0.4, -0.2) is 81.9 Å². The molecule has 190 valence electrons. The normalized spacial score (nSPS) is 20.3. The second-order valence-corrected chi connectivity index (χ2v) is 10.9. The van der Waals surface area contributed by atoms with Gasteiger partial charge in [-0.1, -0.05) is 18.3 Å². The maximum absolute atomic E-state index is 6.14. The lowest BCUT2D eigenvalue weighted by Gasteiger charge is -2.45. The number of hydrogen-bond donors (Lipinski definition) is 1. The minimum Gasteiger partial charge on any atom is -0.460 e. The van der Waals surface area contributed by atoms with Gasteiger partial charge in [0.25, 0.3) is 0 Å². The number of anilines is 3. The Hall–Kier alpha value is -2.89. The first-order valence-corrected chi connectivity index (χ1v) is 13.6. The van der Waals surface area contributed by atoms with Gasteiger partial charge in [0.15, 0.2) is 10.9 Å². The van der Waals surface area contributed by atoms with E-state index in [1.165, 1.54) is 11.3 Å². The van der Waals surface area contributed by atoms with Crippen molar-refractivity contribution in [2.24, 2.45) is 5.41 Å². The average molecular weight is 509 g/mol. The van der Waals surface area contributed by atoms with Crippen molar-refractivity contribution in [1.82, 2.24) is 29.8 Å². The fraction of sp³-hybridized carbons (Fsp3) is 0.560. The molecule has 1 spiro atoms. The molecule has 3 fully saturated rings. The molecule has 3 aromatic rings. The molecule has 11 heteroatoms. The third-order valence-corrected chi connectivity index (χ3v) is 8.43. The van der Waals surface area contributed by atoms with Crippen LogP contribution >= 0.6 is 11.3 Å². The molecule has 0 atom stereocenters. The summed E-state index contributed by atoms with van der Waals surface area (Å²) >= 11 is 1.52. The highest BCUT2D eigenvalue weighted by Gasteiger charge is 2.42. The molecule has 2 aliphatic heterocycles. The zero-order chi connectivity index (χ0) is 24.4. The molecule has 6 rings (SSSR count). The van der Waals surface area contributed by atoms with Crippen molar-refractivity contribution >= 4 is 28.1 Å². The van der Waals surface area contributed by atoms with Gasteiger partial charge in [-0.3, -0.25) is 0 Å². The molecule has 0 unspecified atom stereocenters. The molecular formula is C25H32N8O2S. The third-order valence-electron chi connectivity index (χ3n) is 7.49. The maximum Gasteiger partial charge on any atom is 0.317 e. The molecule has 2 saturated heterocycles. The predicted molar refractivity (Wildman–Crippen MR) is 139 cm³/mol. The van der Waals surface area contributed by atoms with Crippen molar-refractivity contribution in [3.63, 3.8) is 0 Å². The summed E-state index contributed by atoms with van der Waals surface area (Å²) in [7, 11) is 0. The molecule has 0 aromatic carbocycles. The van der Waals surface area contributed by atoms with Crippen molar-refractivity contribution < 1.29 is 9.47 Å². The van der Waals surface area contributed by atoms with Crippen LogP contribution in [0.25, 0.3) is 10.6 Å². The Morgan fingerprint density at radius 2 is 1.89 bits per heavy atom. The molecule has 1 aliphatic carbocycles. The topological polar surface area (TPSA) is 101 Å². The summed E-state index contributed by atoms with van der Waals surface area (Å²) in [6.45, 7) is 9.18. The summed E-state index contributed by atoms with van der Waals surface area (Å²) in [4.78, 5) is 28.3. The van der Waals surface area contributed by atoms with Gasteiger partial charge in [0.1, 0.15) is 11.9 Å². The lowest BCUT2D eigenvalue weighted by Crippen LogP contribution is -2.46. The number of aromatic nitrogens is 5. The summed E-state index contributed by atoms with van der Waals surface area (Å²) in [6, 6.07) is 2.32. The lowest BCUT2D eigenvalue weighted by atomic mass is 9.72. The Morgan fingerprint density at radius 1 is 1.06 bits per heavy atom. The van der Waals surface area contributed by atoms with E-state index in [-0.39, 0.29) is 6.10 Å². The van der Waals surface area contributed by atoms with Gasteiger partial charge in [-0.05, 0) is 38.3 Å². The third kappa shape index (κ3) is 5.14. The van der Waals surface area contributed by atoms with E-state index >= 15 is 0 Å². The Morgan fingerprint density at radius 3 is 2.58 bits per heavy atom. The molecule has 10 nitrogen and oxygen atoms in total. The minimum absolute atomic E-state index is 0.169. The van der Waals surface area contributed by atoms with Crippen LogP contribution in [0, 0.1) is 5.41 Å². The summed E-state index contributed by atoms with van der Waals surface area (Å²) in [5, 5.41) is 4.00. The van der Waals surface area contributed by atoms with Gasteiger partial charge in [0.05, 0.1) is 36.2 Å². The standard InChI is InChI=1S/C25H32N8O2S/c1-2-32-9-11-33(12-10-32)22-15-27-21(14-28-22)31-24-29-13-20(36-24)19-5-8-26-23(30-19)35-18-3-6-25(7-4-18)16-34-17-25/h5,8,13-15,18H,2-4,6-7,9-12,16-17H2,1H3,(H,27,29,31). The van der Waals surface area contributed by atoms with E-state index < -0.39 is 0 Å². The Kier molecular flexibility index (Phi) is 6.68. The van der Waals surface area contributed by atoms with Gasteiger partial charge in [-0.25, -0.2) is 19.9 Å². The minimum atomic E-state index is 0.169. The van der Waals surface area contributed by atoms with Crippen LogP contribution in [0.4, 0.5) is 16.8 Å². The molecule has 3 aliphatic rings. The molecule has 1 saturated carbocycles. The van der Waals surface area contributed by atoms with E-state index in [9.17, 15) is 0 Å². The number of nitrogens with zero attached hydrogens (tertiary/aromatic N) is 7. The van der Waals surface area contributed by atoms with Gasteiger partial charge < -0.3 is 24.6 Å². The molecule has 1 N–H and O–H groups in total. The van der Waals surface area contributed by atoms with Crippen LogP contribution in [0.5, 0.6) is 6.01 Å². The first kappa shape index (κ1) is 23.5. The summed E-state index contributed by atoms with van der Waals surface area (Å²) in [5.74, 6) is 1.59. The number of nitrogens with one attached hydrogen (secondary N) is 1. The Balaban J connectivity index is 1.05. The van der Waals surface area contributed by atoms with Crippen molar-refractivity contribution in [3.05, 3.63) is 30.9 Å². The van der Waals surface area contributed by atoms with E-state index in [1.807, 2.05) is 18.5 Å². The smallest absolute Gasteiger partial charge is 0.317 e. The van der Waals surface area contributed by atoms with Gasteiger partial charge in [-0.2, -0.15) is 4.98 Å². The highest BCUT2D eigenvalue weighted by atomic mass is 32.1. The second kappa shape index (κ2) is 10.2. The number of hydrogen-bond acceptors (Lipinski definition) is 11. The predicted octanol–water partition coefficient (Wildman–Crippen LogP) is 3.61. The molecule has 3 aromatic heterocycles. The molecule has 0 bridgehead atoms. The fourth-order valence-corrected chi connectivity index (χ4v) is 5.88. The van der Waals surface area contributed by atoms with Crippen molar-refractivity contribution in [2.45, 2.75) is 38.7 Å². The highest BCUT2D eigenvalue weighted by molar-refractivity contribution is 7.18. The Labute approximate surface area is 215 Å². The number of thiazole rings is 1. The fourth-order valence-electron chi connectivity index (χ4n) is 5.09. The van der Waals surface area contributed by atoms with E-state index in [2.05, 4.69) is 47.0 Å². The van der Waals surface area contributed by atoms with Gasteiger partial charge in [-0.15, -0.1) is 0 Å². The monoisotopic (exact) mass is 508 g/mol. The number of ether oxygens (including phenoxy) is 2. The van der Waals surface area contributed by atoms with Gasteiger partial charge >= 0.3 is 6.01 Å². The largest absolute Gasteiger partial charge is 0.460 e. The van der Waals surface area contributed by atoms with E-state index in [1.54, 1.807) is 12.4 Å². The number of piperazine rings is 1. The quantitative estimate of drug-likeness (QED) is 0.509. The summed E-state index contributed by atoms with van der Waals surface area (Å²) in [6.07, 6.45) is 11.7. The molecule has 0 radical (unpaired) electrons. The van der Waals surface area contributed by atoms with Crippen LogP contribution < -0.4 is 15.0 Å². The zero-order valence-electron chi connectivity index (χ0n) is 20.6. The summed E-state index contributed by atoms with van der Waals surface area (Å²) in [5.41, 5.74) is 1.21. The van der Waals surface area contributed by atoms with Crippen molar-refractivity contribution in [1.29, 1.82) is 0 Å². The van der Waals surface area contributed by atoms with E-state index in [4.69, 9.17) is 9.47 Å². The van der Waals surface area contributed by atoms with Crippen LogP contribution in [0.15, 0.2) is 30.9 Å². The van der Waals surface area contributed by atoms with Gasteiger partial charge in [0, 0.05) is 44.0 Å². The number of rotatable bonds is 7. The van der Waals surface area contributed by atoms with Crippen LogP contribution in [0.3, 0.4) is 0 Å². The van der Waals surface area contributed by atoms with Crippen LogP contribution in [-0.2, 0) is 4.74 Å². The molecule has 36 heavy (non-hydrogen) atoms. The second-order valence-electron chi connectivity index (χ2n) is 9.87. The average Bonchev–Trinajstić information content (AvgIpc) is 3.38. The van der Waals surface area contributed by atoms with Crippen LogP contribution in [0.2, 0.25) is 0 Å². The SMILES string of the molecule is CCN1CCN(c2cnc(Nc3ncc(-c4ccnc(OC5CCC6(CC5)COC6)n4)s3)cn2)CC1. The zero-order valence-corrected chi connectivity index (χ0v) is 21.4. The number of likely N-dealkylation sites (N-methyl/N-ethyl adjacent to an activating group) is 1. The van der Waals surface area contributed by atoms with Crippen molar-refractivity contribution in [2.75, 3.05) is 56.2 Å².